The van der Waals surface area contributed by atoms with Crippen LogP contribution in [0.1, 0.15) is 29.5 Å². The zero-order chi connectivity index (χ0) is 13.4. The summed E-state index contributed by atoms with van der Waals surface area (Å²) >= 11 is 0. The third-order valence-electron chi connectivity index (χ3n) is 4.03. The second kappa shape index (κ2) is 4.73. The highest BCUT2D eigenvalue weighted by Crippen LogP contribution is 2.30. The van der Waals surface area contributed by atoms with Gasteiger partial charge in [0.2, 0.25) is 5.91 Å². The van der Waals surface area contributed by atoms with Crippen LogP contribution in [0, 0.1) is 26.7 Å². The van der Waals surface area contributed by atoms with Gasteiger partial charge in [0.15, 0.2) is 0 Å². The molecule has 0 unspecified atom stereocenters. The quantitative estimate of drug-likeness (QED) is 0.870. The van der Waals surface area contributed by atoms with E-state index in [4.69, 9.17) is 5.73 Å². The number of aryl methyl sites for hydroxylation is 3. The van der Waals surface area contributed by atoms with Gasteiger partial charge in [-0.15, -0.1) is 0 Å². The molecule has 0 aliphatic heterocycles. The van der Waals surface area contributed by atoms with Crippen LogP contribution in [0.3, 0.4) is 0 Å². The van der Waals surface area contributed by atoms with Crippen LogP contribution in [0.4, 0.5) is 5.69 Å². The second-order valence-electron chi connectivity index (χ2n) is 5.55. The van der Waals surface area contributed by atoms with E-state index in [2.05, 4.69) is 32.9 Å². The van der Waals surface area contributed by atoms with Crippen LogP contribution in [-0.4, -0.2) is 19.0 Å². The Morgan fingerprint density at radius 2 is 1.72 bits per heavy atom. The molecule has 0 heterocycles. The van der Waals surface area contributed by atoms with Gasteiger partial charge in [0, 0.05) is 24.7 Å². The Bertz CT molecular complexity index is 476. The van der Waals surface area contributed by atoms with E-state index in [1.807, 2.05) is 7.05 Å². The predicted molar refractivity (Wildman–Crippen MR) is 74.8 cm³/mol. The smallest absolute Gasteiger partial charge is 0.229 e. The molecule has 0 bridgehead atoms. The maximum atomic E-state index is 12.3. The van der Waals surface area contributed by atoms with E-state index in [0.29, 0.717) is 0 Å². The molecule has 18 heavy (non-hydrogen) atoms. The summed E-state index contributed by atoms with van der Waals surface area (Å²) in [7, 11) is 1.86. The zero-order valence-electron chi connectivity index (χ0n) is 11.7. The number of amides is 1. The van der Waals surface area contributed by atoms with E-state index in [0.717, 1.165) is 24.1 Å². The summed E-state index contributed by atoms with van der Waals surface area (Å²) in [6, 6.07) is 4.45. The Balaban J connectivity index is 2.20. The van der Waals surface area contributed by atoms with Crippen LogP contribution >= 0.6 is 0 Å². The van der Waals surface area contributed by atoms with E-state index in [1.165, 1.54) is 11.1 Å². The summed E-state index contributed by atoms with van der Waals surface area (Å²) in [5.41, 5.74) is 10.4. The summed E-state index contributed by atoms with van der Waals surface area (Å²) in [6.45, 7) is 6.23. The van der Waals surface area contributed by atoms with Gasteiger partial charge in [-0.25, -0.2) is 0 Å². The molecule has 98 valence electrons. The van der Waals surface area contributed by atoms with Crippen LogP contribution in [0.15, 0.2) is 12.1 Å². The standard InChI is InChI=1S/C15H22N2O/c1-9-5-11(3)14(6-10(9)2)17(4)15(18)12-7-13(16)8-12/h5-6,12-13H,7-8,16H2,1-4H3. The Kier molecular flexibility index (Phi) is 3.44. The SMILES string of the molecule is Cc1cc(C)c(N(C)C(=O)C2CC(N)C2)cc1C. The topological polar surface area (TPSA) is 46.3 Å². The van der Waals surface area contributed by atoms with Crippen molar-refractivity contribution in [2.75, 3.05) is 11.9 Å². The van der Waals surface area contributed by atoms with Gasteiger partial charge in [-0.05, 0) is 56.4 Å². The molecule has 3 heteroatoms. The zero-order valence-corrected chi connectivity index (χ0v) is 11.7. The first-order valence-corrected chi connectivity index (χ1v) is 6.51. The molecular weight excluding hydrogens is 224 g/mol. The average molecular weight is 246 g/mol. The number of nitrogens with zero attached hydrogens (tertiary/aromatic N) is 1. The number of carbonyl (C=O) groups excluding carboxylic acids is 1. The molecule has 1 aromatic rings. The van der Waals surface area contributed by atoms with E-state index >= 15 is 0 Å². The largest absolute Gasteiger partial charge is 0.328 e. The van der Waals surface area contributed by atoms with Crippen molar-refractivity contribution in [3.63, 3.8) is 0 Å². The van der Waals surface area contributed by atoms with Gasteiger partial charge in [0.05, 0.1) is 0 Å². The van der Waals surface area contributed by atoms with Gasteiger partial charge >= 0.3 is 0 Å². The van der Waals surface area contributed by atoms with Crippen molar-refractivity contribution in [1.29, 1.82) is 0 Å². The van der Waals surface area contributed by atoms with Crippen LogP contribution in [0.25, 0.3) is 0 Å². The van der Waals surface area contributed by atoms with Crippen molar-refractivity contribution in [1.82, 2.24) is 0 Å². The van der Waals surface area contributed by atoms with Crippen LogP contribution in [0.5, 0.6) is 0 Å². The molecule has 3 nitrogen and oxygen atoms in total. The number of hydrogen-bond donors (Lipinski definition) is 1. The molecule has 0 spiro atoms. The molecule has 1 aliphatic carbocycles. The van der Waals surface area contributed by atoms with E-state index < -0.39 is 0 Å². The fourth-order valence-electron chi connectivity index (χ4n) is 2.56. The number of nitrogens with two attached hydrogens (primary N) is 1. The fraction of sp³-hybridized carbons (Fsp3) is 0.533. The molecule has 1 fully saturated rings. The van der Waals surface area contributed by atoms with Gasteiger partial charge in [0.1, 0.15) is 0 Å². The third-order valence-corrected chi connectivity index (χ3v) is 4.03. The summed E-state index contributed by atoms with van der Waals surface area (Å²) in [6.07, 6.45) is 1.65. The lowest BCUT2D eigenvalue weighted by molar-refractivity contribution is -0.124. The monoisotopic (exact) mass is 246 g/mol. The van der Waals surface area contributed by atoms with E-state index in [1.54, 1.807) is 4.90 Å². The molecule has 0 saturated heterocycles. The minimum Gasteiger partial charge on any atom is -0.328 e. The number of carbonyl (C=O) groups is 1. The summed E-state index contributed by atoms with van der Waals surface area (Å²) < 4.78 is 0. The Morgan fingerprint density at radius 1 is 1.17 bits per heavy atom. The van der Waals surface area contributed by atoms with Crippen molar-refractivity contribution in [2.24, 2.45) is 11.7 Å². The maximum absolute atomic E-state index is 12.3. The lowest BCUT2D eigenvalue weighted by Crippen LogP contribution is -2.45. The highest BCUT2D eigenvalue weighted by atomic mass is 16.2. The van der Waals surface area contributed by atoms with Crippen LogP contribution in [0.2, 0.25) is 0 Å². The number of anilines is 1. The molecular formula is C15H22N2O. The summed E-state index contributed by atoms with van der Waals surface area (Å²) in [5, 5.41) is 0. The molecule has 1 amide bonds. The lowest BCUT2D eigenvalue weighted by atomic mass is 9.80. The Labute approximate surface area is 109 Å². The highest BCUT2D eigenvalue weighted by Gasteiger charge is 2.34. The molecule has 2 N–H and O–H groups in total. The van der Waals surface area contributed by atoms with Gasteiger partial charge in [-0.2, -0.15) is 0 Å². The van der Waals surface area contributed by atoms with E-state index in [9.17, 15) is 4.79 Å². The number of benzene rings is 1. The highest BCUT2D eigenvalue weighted by molar-refractivity contribution is 5.96. The first-order chi connectivity index (χ1) is 8.40. The van der Waals surface area contributed by atoms with Gasteiger partial charge in [-0.1, -0.05) is 6.07 Å². The predicted octanol–water partition coefficient (Wildman–Crippen LogP) is 2.31. The normalized spacial score (nSPS) is 22.5. The minimum atomic E-state index is 0.117. The van der Waals surface area contributed by atoms with E-state index in [-0.39, 0.29) is 17.9 Å². The number of hydrogen-bond acceptors (Lipinski definition) is 2. The van der Waals surface area contributed by atoms with Crippen molar-refractivity contribution in [2.45, 2.75) is 39.7 Å². The van der Waals surface area contributed by atoms with Crippen LogP contribution in [-0.2, 0) is 4.79 Å². The number of rotatable bonds is 2. The second-order valence-corrected chi connectivity index (χ2v) is 5.55. The van der Waals surface area contributed by atoms with Crippen molar-refractivity contribution < 1.29 is 4.79 Å². The van der Waals surface area contributed by atoms with Crippen molar-refractivity contribution in [3.8, 4) is 0 Å². The van der Waals surface area contributed by atoms with Gasteiger partial charge in [-0.3, -0.25) is 4.79 Å². The Morgan fingerprint density at radius 3 is 2.28 bits per heavy atom. The maximum Gasteiger partial charge on any atom is 0.229 e. The first kappa shape index (κ1) is 13.1. The van der Waals surface area contributed by atoms with Crippen LogP contribution < -0.4 is 10.6 Å². The molecule has 0 radical (unpaired) electrons. The fourth-order valence-corrected chi connectivity index (χ4v) is 2.56. The van der Waals surface area contributed by atoms with Crippen molar-refractivity contribution in [3.05, 3.63) is 28.8 Å². The Hall–Kier alpha value is -1.35. The summed E-state index contributed by atoms with van der Waals surface area (Å²) in [5.74, 6) is 0.314. The van der Waals surface area contributed by atoms with Gasteiger partial charge in [0.25, 0.3) is 0 Å². The third kappa shape index (κ3) is 2.27. The molecule has 2 rings (SSSR count). The molecule has 0 aromatic heterocycles. The molecule has 1 saturated carbocycles. The molecule has 1 aromatic carbocycles. The minimum absolute atomic E-state index is 0.117. The van der Waals surface area contributed by atoms with Crippen molar-refractivity contribution >= 4 is 11.6 Å². The summed E-state index contributed by atoms with van der Waals surface area (Å²) in [4.78, 5) is 14.1. The van der Waals surface area contributed by atoms with Gasteiger partial charge < -0.3 is 10.6 Å². The average Bonchev–Trinajstić information content (AvgIpc) is 2.28. The first-order valence-electron chi connectivity index (χ1n) is 6.51. The molecule has 0 atom stereocenters. The lowest BCUT2D eigenvalue weighted by Gasteiger charge is -2.34. The molecule has 1 aliphatic rings.